The van der Waals surface area contributed by atoms with E-state index in [1.54, 1.807) is 6.07 Å². The minimum Gasteiger partial charge on any atom is -0.506 e. The quantitative estimate of drug-likeness (QED) is 0.779. The van der Waals surface area contributed by atoms with Gasteiger partial charge in [0.25, 0.3) is 0 Å². The Bertz CT molecular complexity index is 682. The molecule has 0 saturated heterocycles. The van der Waals surface area contributed by atoms with Gasteiger partial charge in [-0.05, 0) is 28.1 Å². The maximum absolute atomic E-state index is 10.8. The summed E-state index contributed by atoms with van der Waals surface area (Å²) in [5.41, 5.74) is 0.581. The number of nitrogens with zero attached hydrogens (tertiary/aromatic N) is 1. The Morgan fingerprint density at radius 3 is 2.89 bits per heavy atom. The second kappa shape index (κ2) is 4.16. The molecular formula is C11H7BrN2O5. The number of aromatic amines is 1. The number of ether oxygens (including phenoxy) is 2. The van der Waals surface area contributed by atoms with Crippen molar-refractivity contribution in [3.05, 3.63) is 22.3 Å². The van der Waals surface area contributed by atoms with Crippen LogP contribution in [0.5, 0.6) is 17.2 Å². The average Bonchev–Trinajstić information content (AvgIpc) is 3.01. The van der Waals surface area contributed by atoms with E-state index < -0.39 is 5.97 Å². The summed E-state index contributed by atoms with van der Waals surface area (Å²) in [5.74, 6) is -0.347. The van der Waals surface area contributed by atoms with Crippen molar-refractivity contribution >= 4 is 21.9 Å². The fraction of sp³-hybridized carbons (Fsp3) is 0.0909. The van der Waals surface area contributed by atoms with E-state index in [-0.39, 0.29) is 18.2 Å². The van der Waals surface area contributed by atoms with E-state index in [0.29, 0.717) is 27.2 Å². The molecular weight excluding hydrogens is 320 g/mol. The molecule has 1 aliphatic rings. The lowest BCUT2D eigenvalue weighted by atomic mass is 10.1. The van der Waals surface area contributed by atoms with Crippen LogP contribution in [0.25, 0.3) is 11.3 Å². The number of carbonyl (C=O) groups is 1. The highest BCUT2D eigenvalue weighted by atomic mass is 79.9. The first-order valence-corrected chi connectivity index (χ1v) is 5.97. The molecule has 0 fully saturated rings. The molecule has 1 aromatic heterocycles. The fourth-order valence-electron chi connectivity index (χ4n) is 1.76. The normalized spacial score (nSPS) is 12.7. The van der Waals surface area contributed by atoms with Crippen LogP contribution >= 0.6 is 15.9 Å². The van der Waals surface area contributed by atoms with Crippen LogP contribution < -0.4 is 9.47 Å². The Labute approximate surface area is 114 Å². The number of aromatic hydroxyl groups is 1. The highest BCUT2D eigenvalue weighted by Gasteiger charge is 2.24. The minimum absolute atomic E-state index is 0.0665. The van der Waals surface area contributed by atoms with Crippen LogP contribution in [0.15, 0.2) is 16.6 Å². The monoisotopic (exact) mass is 326 g/mol. The molecule has 0 radical (unpaired) electrons. The highest BCUT2D eigenvalue weighted by Crippen LogP contribution is 2.48. The van der Waals surface area contributed by atoms with E-state index in [1.807, 2.05) is 0 Å². The number of aromatic nitrogens is 2. The SMILES string of the molecule is O=C(O)c1cc(-c2cc3c(c(Br)c2O)OCO3)n[nH]1. The van der Waals surface area contributed by atoms with Gasteiger partial charge in [0.2, 0.25) is 6.79 Å². The molecule has 0 atom stereocenters. The average molecular weight is 327 g/mol. The van der Waals surface area contributed by atoms with Gasteiger partial charge in [-0.3, -0.25) is 5.10 Å². The summed E-state index contributed by atoms with van der Waals surface area (Å²) in [4.78, 5) is 10.8. The minimum atomic E-state index is -1.13. The largest absolute Gasteiger partial charge is 0.506 e. The Morgan fingerprint density at radius 1 is 1.42 bits per heavy atom. The second-order valence-corrected chi connectivity index (χ2v) is 4.59. The van der Waals surface area contributed by atoms with E-state index in [4.69, 9.17) is 14.6 Å². The molecule has 0 unspecified atom stereocenters. The molecule has 1 aromatic carbocycles. The maximum Gasteiger partial charge on any atom is 0.353 e. The van der Waals surface area contributed by atoms with E-state index in [0.717, 1.165) is 0 Å². The molecule has 7 nitrogen and oxygen atoms in total. The van der Waals surface area contributed by atoms with Gasteiger partial charge >= 0.3 is 5.97 Å². The van der Waals surface area contributed by atoms with Crippen LogP contribution in [0.1, 0.15) is 10.5 Å². The Morgan fingerprint density at radius 2 is 2.21 bits per heavy atom. The lowest BCUT2D eigenvalue weighted by Crippen LogP contribution is -1.95. The summed E-state index contributed by atoms with van der Waals surface area (Å²) in [6, 6.07) is 2.87. The number of halogens is 1. The first kappa shape index (κ1) is 11.8. The van der Waals surface area contributed by atoms with Crippen LogP contribution in [0.4, 0.5) is 0 Å². The van der Waals surface area contributed by atoms with E-state index in [1.165, 1.54) is 6.07 Å². The molecule has 0 saturated carbocycles. The van der Waals surface area contributed by atoms with Crippen molar-refractivity contribution in [3.8, 4) is 28.5 Å². The third kappa shape index (κ3) is 1.80. The number of hydrogen-bond acceptors (Lipinski definition) is 5. The zero-order valence-corrected chi connectivity index (χ0v) is 10.9. The molecule has 2 aromatic rings. The first-order valence-electron chi connectivity index (χ1n) is 5.18. The van der Waals surface area contributed by atoms with Crippen molar-refractivity contribution in [1.82, 2.24) is 10.2 Å². The number of aromatic carboxylic acids is 1. The van der Waals surface area contributed by atoms with Crippen molar-refractivity contribution in [1.29, 1.82) is 0 Å². The summed E-state index contributed by atoms with van der Waals surface area (Å²) in [6.45, 7) is 0.0672. The Hall–Kier alpha value is -2.22. The zero-order valence-electron chi connectivity index (χ0n) is 9.31. The molecule has 0 bridgehead atoms. The van der Waals surface area contributed by atoms with Gasteiger partial charge in [0, 0.05) is 5.56 Å². The number of fused-ring (bicyclic) bond motifs is 1. The van der Waals surface area contributed by atoms with Crippen LogP contribution in [0, 0.1) is 0 Å². The van der Waals surface area contributed by atoms with Crippen molar-refractivity contribution in [2.24, 2.45) is 0 Å². The molecule has 1 aliphatic heterocycles. The van der Waals surface area contributed by atoms with Crippen molar-refractivity contribution in [3.63, 3.8) is 0 Å². The number of hydrogen-bond donors (Lipinski definition) is 3. The lowest BCUT2D eigenvalue weighted by molar-refractivity contribution is 0.0690. The van der Waals surface area contributed by atoms with Crippen LogP contribution in [-0.2, 0) is 0 Å². The number of phenolic OH excluding ortho intramolecular Hbond substituents is 1. The molecule has 0 spiro atoms. The molecule has 2 heterocycles. The topological polar surface area (TPSA) is 105 Å². The van der Waals surface area contributed by atoms with Gasteiger partial charge in [-0.25, -0.2) is 4.79 Å². The number of phenols is 1. The third-order valence-corrected chi connectivity index (χ3v) is 3.40. The Kier molecular flexibility index (Phi) is 2.59. The van der Waals surface area contributed by atoms with Crippen molar-refractivity contribution < 1.29 is 24.5 Å². The number of H-pyrrole nitrogens is 1. The molecule has 0 aliphatic carbocycles. The third-order valence-electron chi connectivity index (χ3n) is 2.66. The fourth-order valence-corrected chi connectivity index (χ4v) is 2.28. The first-order chi connectivity index (χ1) is 9.08. The summed E-state index contributed by atoms with van der Waals surface area (Å²) in [5, 5.41) is 25.1. The second-order valence-electron chi connectivity index (χ2n) is 3.79. The standard InChI is InChI=1S/C11H7BrN2O5/c12-8-9(15)4(1-7-10(8)19-3-18-7)5-2-6(11(16)17)14-13-5/h1-2,15H,3H2,(H,13,14)(H,16,17). The number of nitrogens with one attached hydrogen (secondary N) is 1. The van der Waals surface area contributed by atoms with Gasteiger partial charge in [-0.15, -0.1) is 0 Å². The van der Waals surface area contributed by atoms with E-state index in [2.05, 4.69) is 26.1 Å². The molecule has 3 rings (SSSR count). The van der Waals surface area contributed by atoms with E-state index in [9.17, 15) is 9.90 Å². The molecule has 19 heavy (non-hydrogen) atoms. The van der Waals surface area contributed by atoms with Crippen molar-refractivity contribution in [2.75, 3.05) is 6.79 Å². The number of benzene rings is 1. The molecule has 0 amide bonds. The van der Waals surface area contributed by atoms with Gasteiger partial charge in [0.05, 0.1) is 5.69 Å². The van der Waals surface area contributed by atoms with Crippen LogP contribution in [-0.4, -0.2) is 33.2 Å². The van der Waals surface area contributed by atoms with Crippen LogP contribution in [0.3, 0.4) is 0 Å². The predicted octanol–water partition coefficient (Wildman–Crippen LogP) is 1.97. The van der Waals surface area contributed by atoms with Gasteiger partial charge in [-0.1, -0.05) is 0 Å². The van der Waals surface area contributed by atoms with Crippen molar-refractivity contribution in [2.45, 2.75) is 0 Å². The van der Waals surface area contributed by atoms with Gasteiger partial charge in [0.1, 0.15) is 15.9 Å². The predicted molar refractivity (Wildman–Crippen MR) is 66.5 cm³/mol. The van der Waals surface area contributed by atoms with Gasteiger partial charge in [0.15, 0.2) is 11.5 Å². The van der Waals surface area contributed by atoms with Crippen LogP contribution in [0.2, 0.25) is 0 Å². The maximum atomic E-state index is 10.8. The summed E-state index contributed by atoms with van der Waals surface area (Å²) < 4.78 is 10.8. The summed E-state index contributed by atoms with van der Waals surface area (Å²) in [6.07, 6.45) is 0. The highest BCUT2D eigenvalue weighted by molar-refractivity contribution is 9.10. The van der Waals surface area contributed by atoms with E-state index >= 15 is 0 Å². The lowest BCUT2D eigenvalue weighted by Gasteiger charge is -2.06. The molecule has 98 valence electrons. The molecule has 3 N–H and O–H groups in total. The zero-order chi connectivity index (χ0) is 13.6. The number of rotatable bonds is 2. The Balaban J connectivity index is 2.14. The summed E-state index contributed by atoms with van der Waals surface area (Å²) in [7, 11) is 0. The van der Waals surface area contributed by atoms with Gasteiger partial charge < -0.3 is 19.7 Å². The molecule has 8 heteroatoms. The summed E-state index contributed by atoms with van der Waals surface area (Å²) >= 11 is 3.21. The number of carboxylic acids is 1. The van der Waals surface area contributed by atoms with Gasteiger partial charge in [-0.2, -0.15) is 5.10 Å². The smallest absolute Gasteiger partial charge is 0.353 e. The number of carboxylic acid groups (broad SMARTS) is 1.